The van der Waals surface area contributed by atoms with Crippen LogP contribution in [0.3, 0.4) is 0 Å². The number of imide groups is 1. The number of benzene rings is 2. The van der Waals surface area contributed by atoms with Crippen LogP contribution in [0.5, 0.6) is 0 Å². The molecule has 6 heteroatoms. The average molecular weight is 338 g/mol. The Balaban J connectivity index is 1.85. The molecule has 2 aromatic rings. The number of carbonyl (C=O) groups is 3. The van der Waals surface area contributed by atoms with Crippen LogP contribution in [0.4, 0.5) is 4.79 Å². The summed E-state index contributed by atoms with van der Waals surface area (Å²) in [6, 6.07) is 17.9. The van der Waals surface area contributed by atoms with Crippen molar-refractivity contribution in [2.45, 2.75) is 13.1 Å². The molecule has 0 aromatic heterocycles. The predicted molar refractivity (Wildman–Crippen MR) is 90.4 cm³/mol. The molecule has 1 atom stereocenters. The van der Waals surface area contributed by atoms with Gasteiger partial charge in [0, 0.05) is 13.1 Å². The van der Waals surface area contributed by atoms with Crippen LogP contribution in [0.1, 0.15) is 11.1 Å². The van der Waals surface area contributed by atoms with Crippen LogP contribution in [-0.2, 0) is 22.7 Å². The molecule has 0 radical (unpaired) electrons. The van der Waals surface area contributed by atoms with E-state index in [0.29, 0.717) is 0 Å². The number of carbonyl (C=O) groups excluding carboxylic acids is 2. The normalized spacial score (nSPS) is 17.7. The van der Waals surface area contributed by atoms with Crippen molar-refractivity contribution in [1.29, 1.82) is 0 Å². The van der Waals surface area contributed by atoms with E-state index < -0.39 is 23.8 Å². The summed E-state index contributed by atoms with van der Waals surface area (Å²) in [6.45, 7) is 0.211. The van der Waals surface area contributed by atoms with Crippen LogP contribution in [0.25, 0.3) is 0 Å². The maximum atomic E-state index is 12.8. The van der Waals surface area contributed by atoms with Gasteiger partial charge in [0.15, 0.2) is 5.92 Å². The molecule has 0 spiro atoms. The Bertz CT molecular complexity index is 777. The Labute approximate surface area is 145 Å². The third-order valence-electron chi connectivity index (χ3n) is 4.17. The summed E-state index contributed by atoms with van der Waals surface area (Å²) in [5, 5.41) is 9.38. The Morgan fingerprint density at radius 3 is 1.96 bits per heavy atom. The van der Waals surface area contributed by atoms with E-state index in [9.17, 15) is 19.5 Å². The van der Waals surface area contributed by atoms with Crippen LogP contribution < -0.4 is 0 Å². The van der Waals surface area contributed by atoms with Crippen LogP contribution in [0, 0.1) is 5.92 Å². The summed E-state index contributed by atoms with van der Waals surface area (Å²) >= 11 is 0. The molecule has 1 aliphatic rings. The first-order chi connectivity index (χ1) is 12.1. The van der Waals surface area contributed by atoms with E-state index >= 15 is 0 Å². The molecule has 1 saturated heterocycles. The van der Waals surface area contributed by atoms with Crippen molar-refractivity contribution in [3.05, 3.63) is 71.8 Å². The van der Waals surface area contributed by atoms with Gasteiger partial charge in [-0.1, -0.05) is 60.7 Å². The lowest BCUT2D eigenvalue weighted by molar-refractivity contribution is -0.153. The van der Waals surface area contributed by atoms with Crippen LogP contribution in [-0.4, -0.2) is 39.4 Å². The third kappa shape index (κ3) is 3.68. The van der Waals surface area contributed by atoms with E-state index in [-0.39, 0.29) is 19.6 Å². The molecule has 1 fully saturated rings. The number of urea groups is 1. The monoisotopic (exact) mass is 338 g/mol. The topological polar surface area (TPSA) is 77.9 Å². The highest BCUT2D eigenvalue weighted by Gasteiger charge is 2.42. The number of aliphatic carboxylic acids is 1. The quantitative estimate of drug-likeness (QED) is 0.849. The minimum atomic E-state index is -1.25. The zero-order chi connectivity index (χ0) is 17.8. The highest BCUT2D eigenvalue weighted by molar-refractivity contribution is 6.06. The largest absolute Gasteiger partial charge is 0.481 e. The fourth-order valence-corrected chi connectivity index (χ4v) is 2.86. The highest BCUT2D eigenvalue weighted by atomic mass is 16.4. The van der Waals surface area contributed by atoms with Crippen LogP contribution >= 0.6 is 0 Å². The predicted octanol–water partition coefficient (Wildman–Crippen LogP) is 2.35. The molecule has 128 valence electrons. The van der Waals surface area contributed by atoms with Crippen molar-refractivity contribution in [2.24, 2.45) is 5.92 Å². The lowest BCUT2D eigenvalue weighted by atomic mass is 10.0. The lowest BCUT2D eigenvalue weighted by Gasteiger charge is -2.37. The number of hydrogen-bond donors (Lipinski definition) is 1. The standard InChI is InChI=1S/C19H18N2O4/c22-17-16(18(23)24)13-20(11-14-7-3-1-4-8-14)19(25)21(17)12-15-9-5-2-6-10-15/h1-10,16H,11-13H2,(H,23,24). The average Bonchev–Trinajstić information content (AvgIpc) is 2.62. The van der Waals surface area contributed by atoms with Gasteiger partial charge >= 0.3 is 12.0 Å². The summed E-state index contributed by atoms with van der Waals surface area (Å²) in [5.74, 6) is -3.12. The van der Waals surface area contributed by atoms with Crippen LogP contribution in [0.2, 0.25) is 0 Å². The molecule has 3 amide bonds. The molecule has 0 saturated carbocycles. The lowest BCUT2D eigenvalue weighted by Crippen LogP contribution is -2.57. The van der Waals surface area contributed by atoms with Crippen molar-refractivity contribution < 1.29 is 19.5 Å². The fourth-order valence-electron chi connectivity index (χ4n) is 2.86. The number of amides is 3. The van der Waals surface area contributed by atoms with Gasteiger partial charge in [-0.25, -0.2) is 4.79 Å². The smallest absolute Gasteiger partial charge is 0.327 e. The Kier molecular flexibility index (Phi) is 4.79. The van der Waals surface area contributed by atoms with Crippen molar-refractivity contribution >= 4 is 17.9 Å². The molecule has 1 heterocycles. The summed E-state index contributed by atoms with van der Waals surface area (Å²) < 4.78 is 0. The molecular weight excluding hydrogens is 320 g/mol. The van der Waals surface area contributed by atoms with Gasteiger partial charge in [0.05, 0.1) is 6.54 Å². The molecule has 1 N–H and O–H groups in total. The van der Waals surface area contributed by atoms with Gasteiger partial charge in [-0.05, 0) is 11.1 Å². The SMILES string of the molecule is O=C(O)C1CN(Cc2ccccc2)C(=O)N(Cc2ccccc2)C1=O. The molecule has 25 heavy (non-hydrogen) atoms. The van der Waals surface area contributed by atoms with Gasteiger partial charge in [0.1, 0.15) is 0 Å². The van der Waals surface area contributed by atoms with Gasteiger partial charge in [-0.15, -0.1) is 0 Å². The van der Waals surface area contributed by atoms with E-state index in [4.69, 9.17) is 0 Å². The Hall–Kier alpha value is -3.15. The first kappa shape index (κ1) is 16.7. The molecule has 2 aromatic carbocycles. The summed E-state index contributed by atoms with van der Waals surface area (Å²) in [7, 11) is 0. The first-order valence-electron chi connectivity index (χ1n) is 7.97. The fraction of sp³-hybridized carbons (Fsp3) is 0.211. The molecule has 1 aliphatic heterocycles. The maximum absolute atomic E-state index is 12.8. The second kappa shape index (κ2) is 7.17. The van der Waals surface area contributed by atoms with E-state index in [0.717, 1.165) is 16.0 Å². The van der Waals surface area contributed by atoms with Gasteiger partial charge in [-0.3, -0.25) is 14.5 Å². The summed E-state index contributed by atoms with van der Waals surface area (Å²) in [6.07, 6.45) is 0. The maximum Gasteiger partial charge on any atom is 0.327 e. The van der Waals surface area contributed by atoms with E-state index in [2.05, 4.69) is 0 Å². The zero-order valence-corrected chi connectivity index (χ0v) is 13.5. The zero-order valence-electron chi connectivity index (χ0n) is 13.5. The van der Waals surface area contributed by atoms with Crippen molar-refractivity contribution in [2.75, 3.05) is 6.54 Å². The van der Waals surface area contributed by atoms with Gasteiger partial charge in [0.25, 0.3) is 0 Å². The third-order valence-corrected chi connectivity index (χ3v) is 4.17. The van der Waals surface area contributed by atoms with Crippen molar-refractivity contribution in [3.63, 3.8) is 0 Å². The molecule has 0 bridgehead atoms. The summed E-state index contributed by atoms with van der Waals surface area (Å²) in [5.41, 5.74) is 1.66. The second-order valence-corrected chi connectivity index (χ2v) is 5.95. The number of rotatable bonds is 5. The molecule has 0 aliphatic carbocycles. The van der Waals surface area contributed by atoms with Gasteiger partial charge < -0.3 is 10.0 Å². The van der Waals surface area contributed by atoms with E-state index in [1.165, 1.54) is 4.90 Å². The van der Waals surface area contributed by atoms with E-state index in [1.807, 2.05) is 48.5 Å². The first-order valence-corrected chi connectivity index (χ1v) is 7.97. The molecule has 1 unspecified atom stereocenters. The van der Waals surface area contributed by atoms with Crippen molar-refractivity contribution in [1.82, 2.24) is 9.80 Å². The molecule has 6 nitrogen and oxygen atoms in total. The van der Waals surface area contributed by atoms with Gasteiger partial charge in [-0.2, -0.15) is 0 Å². The number of nitrogens with zero attached hydrogens (tertiary/aromatic N) is 2. The van der Waals surface area contributed by atoms with Crippen molar-refractivity contribution in [3.8, 4) is 0 Å². The minimum Gasteiger partial charge on any atom is -0.481 e. The molecule has 3 rings (SSSR count). The second-order valence-electron chi connectivity index (χ2n) is 5.95. The Morgan fingerprint density at radius 1 is 0.920 bits per heavy atom. The number of carboxylic acids is 1. The number of carboxylic acid groups (broad SMARTS) is 1. The Morgan fingerprint density at radius 2 is 1.44 bits per heavy atom. The molecular formula is C19H18N2O4. The van der Waals surface area contributed by atoms with Gasteiger partial charge in [0.2, 0.25) is 5.91 Å². The van der Waals surface area contributed by atoms with E-state index in [1.54, 1.807) is 12.1 Å². The highest BCUT2D eigenvalue weighted by Crippen LogP contribution is 2.21. The minimum absolute atomic E-state index is 0.0631. The van der Waals surface area contributed by atoms with Crippen LogP contribution in [0.15, 0.2) is 60.7 Å². The summed E-state index contributed by atoms with van der Waals surface area (Å²) in [4.78, 5) is 39.2. The number of hydrogen-bond acceptors (Lipinski definition) is 3.